The van der Waals surface area contributed by atoms with Crippen molar-refractivity contribution < 1.29 is 27.8 Å². The van der Waals surface area contributed by atoms with E-state index in [1.807, 2.05) is 0 Å². The van der Waals surface area contributed by atoms with Crippen LogP contribution in [-0.4, -0.2) is 37.8 Å². The summed E-state index contributed by atoms with van der Waals surface area (Å²) in [5.74, 6) is -1.41. The summed E-state index contributed by atoms with van der Waals surface area (Å²) in [6.07, 6.45) is 0.944. The van der Waals surface area contributed by atoms with Crippen LogP contribution in [0.25, 0.3) is 0 Å². The van der Waals surface area contributed by atoms with E-state index in [-0.39, 0.29) is 6.79 Å². The minimum absolute atomic E-state index is 0.0568. The van der Waals surface area contributed by atoms with E-state index in [2.05, 4.69) is 0 Å². The minimum atomic E-state index is -3.68. The van der Waals surface area contributed by atoms with Crippen molar-refractivity contribution in [3.8, 4) is 17.6 Å². The van der Waals surface area contributed by atoms with Crippen molar-refractivity contribution in [1.82, 2.24) is 0 Å². The van der Waals surface area contributed by atoms with Crippen molar-refractivity contribution in [2.75, 3.05) is 13.0 Å². The molecule has 7 nitrogen and oxygen atoms in total. The average molecular weight is 309 g/mol. The van der Waals surface area contributed by atoms with Crippen LogP contribution in [0.5, 0.6) is 11.5 Å². The van der Waals surface area contributed by atoms with E-state index in [1.165, 1.54) is 6.07 Å². The molecule has 0 spiro atoms. The van der Waals surface area contributed by atoms with E-state index < -0.39 is 32.4 Å². The highest BCUT2D eigenvalue weighted by Gasteiger charge is 2.76. The molecule has 0 radical (unpaired) electrons. The maximum absolute atomic E-state index is 11.8. The van der Waals surface area contributed by atoms with Crippen LogP contribution in [0.3, 0.4) is 0 Å². The second-order valence-electron chi connectivity index (χ2n) is 5.13. The molecule has 8 heteroatoms. The molecule has 3 rings (SSSR count). The number of hydrogen-bond acceptors (Lipinski definition) is 6. The number of aliphatic carboxylic acids is 1. The second kappa shape index (κ2) is 4.11. The predicted octanol–water partition coefficient (Wildman–Crippen LogP) is 0.520. The number of nitrogens with zero attached hydrogens (tertiary/aromatic N) is 1. The highest BCUT2D eigenvalue weighted by atomic mass is 32.2. The molecule has 3 atom stereocenters. The number of rotatable bonds is 3. The average Bonchev–Trinajstić information content (AvgIpc) is 2.92. The Hall–Kier alpha value is -2.27. The SMILES string of the molecule is CS(=O)(=O)[C@H]1[C@H](c2ccc3c(c2)OCO3)[C@@]1(C#N)C(=O)O. The number of nitriles is 1. The number of hydrogen-bond donors (Lipinski definition) is 1. The van der Waals surface area contributed by atoms with Gasteiger partial charge in [0.15, 0.2) is 26.8 Å². The van der Waals surface area contributed by atoms with Crippen LogP contribution in [0.1, 0.15) is 11.5 Å². The number of sulfone groups is 1. The highest BCUT2D eigenvalue weighted by Crippen LogP contribution is 2.63. The molecule has 2 aliphatic rings. The summed E-state index contributed by atoms with van der Waals surface area (Å²) in [7, 11) is -3.68. The number of benzene rings is 1. The lowest BCUT2D eigenvalue weighted by Gasteiger charge is -2.03. The fraction of sp³-hybridized carbons (Fsp3) is 0.385. The number of carboxylic acid groups (broad SMARTS) is 1. The maximum Gasteiger partial charge on any atom is 0.326 e. The van der Waals surface area contributed by atoms with E-state index in [0.29, 0.717) is 17.1 Å². The Morgan fingerprint density at radius 1 is 1.43 bits per heavy atom. The van der Waals surface area contributed by atoms with Crippen LogP contribution in [0.2, 0.25) is 0 Å². The van der Waals surface area contributed by atoms with Crippen LogP contribution in [-0.2, 0) is 14.6 Å². The van der Waals surface area contributed by atoms with Crippen molar-refractivity contribution >= 4 is 15.8 Å². The first kappa shape index (κ1) is 13.7. The quantitative estimate of drug-likeness (QED) is 0.865. The van der Waals surface area contributed by atoms with Gasteiger partial charge in [0.25, 0.3) is 0 Å². The van der Waals surface area contributed by atoms with Gasteiger partial charge in [-0.2, -0.15) is 5.26 Å². The second-order valence-corrected chi connectivity index (χ2v) is 7.29. The lowest BCUT2D eigenvalue weighted by atomic mass is 10.0. The van der Waals surface area contributed by atoms with E-state index in [4.69, 9.17) is 9.47 Å². The van der Waals surface area contributed by atoms with Gasteiger partial charge >= 0.3 is 5.97 Å². The number of carbonyl (C=O) groups is 1. The van der Waals surface area contributed by atoms with Gasteiger partial charge < -0.3 is 14.6 Å². The lowest BCUT2D eigenvalue weighted by Crippen LogP contribution is -2.21. The summed E-state index contributed by atoms with van der Waals surface area (Å²) in [5, 5.41) is 17.3. The van der Waals surface area contributed by atoms with Gasteiger partial charge in [0, 0.05) is 12.2 Å². The van der Waals surface area contributed by atoms with Gasteiger partial charge in [-0.15, -0.1) is 0 Å². The van der Waals surface area contributed by atoms with E-state index in [1.54, 1.807) is 18.2 Å². The molecule has 1 N–H and O–H groups in total. The number of fused-ring (bicyclic) bond motifs is 1. The van der Waals surface area contributed by atoms with Crippen molar-refractivity contribution in [1.29, 1.82) is 5.26 Å². The monoisotopic (exact) mass is 309 g/mol. The molecule has 1 saturated carbocycles. The van der Waals surface area contributed by atoms with Gasteiger partial charge in [-0.1, -0.05) is 6.07 Å². The predicted molar refractivity (Wildman–Crippen MR) is 69.6 cm³/mol. The lowest BCUT2D eigenvalue weighted by molar-refractivity contribution is -0.141. The van der Waals surface area contributed by atoms with Gasteiger partial charge in [-0.25, -0.2) is 8.42 Å². The minimum Gasteiger partial charge on any atom is -0.480 e. The van der Waals surface area contributed by atoms with Gasteiger partial charge in [-0.3, -0.25) is 4.79 Å². The zero-order chi connectivity index (χ0) is 15.4. The Kier molecular flexibility index (Phi) is 2.68. The fourth-order valence-electron chi connectivity index (χ4n) is 2.92. The topological polar surface area (TPSA) is 114 Å². The summed E-state index contributed by atoms with van der Waals surface area (Å²) in [6, 6.07) is 6.36. The summed E-state index contributed by atoms with van der Waals surface area (Å²) in [6.45, 7) is 0.0568. The standard InChI is InChI=1S/C13H11NO6S/c1-21(17,18)11-10(13(11,5-14)12(15)16)7-2-3-8-9(4-7)20-6-19-8/h2-4,10-11H,6H2,1H3,(H,15,16)/t10-,11-,13+/m0/s1. The third-order valence-corrected chi connectivity index (χ3v) is 5.46. The zero-order valence-electron chi connectivity index (χ0n) is 10.9. The van der Waals surface area contributed by atoms with Gasteiger partial charge in [0.2, 0.25) is 6.79 Å². The van der Waals surface area contributed by atoms with Crippen LogP contribution >= 0.6 is 0 Å². The first-order valence-electron chi connectivity index (χ1n) is 6.05. The highest BCUT2D eigenvalue weighted by molar-refractivity contribution is 7.91. The Balaban J connectivity index is 2.09. The molecule has 110 valence electrons. The van der Waals surface area contributed by atoms with Crippen LogP contribution in [0.15, 0.2) is 18.2 Å². The molecule has 0 unspecified atom stereocenters. The van der Waals surface area contributed by atoms with Crippen molar-refractivity contribution in [2.45, 2.75) is 11.2 Å². The first-order valence-corrected chi connectivity index (χ1v) is 8.01. The molecule has 0 bridgehead atoms. The molecule has 21 heavy (non-hydrogen) atoms. The van der Waals surface area contributed by atoms with Gasteiger partial charge in [0.1, 0.15) is 5.25 Å². The number of carboxylic acids is 1. The van der Waals surface area contributed by atoms with E-state index in [9.17, 15) is 23.6 Å². The van der Waals surface area contributed by atoms with Crippen molar-refractivity contribution in [2.24, 2.45) is 5.41 Å². The molecule has 1 heterocycles. The third kappa shape index (κ3) is 1.77. The summed E-state index contributed by atoms with van der Waals surface area (Å²) in [4.78, 5) is 11.4. The van der Waals surface area contributed by atoms with Gasteiger partial charge in [0.05, 0.1) is 6.07 Å². The Morgan fingerprint density at radius 3 is 2.62 bits per heavy atom. The summed E-state index contributed by atoms with van der Waals surface area (Å²) in [5.41, 5.74) is -1.50. The van der Waals surface area contributed by atoms with E-state index >= 15 is 0 Å². The zero-order valence-corrected chi connectivity index (χ0v) is 11.8. The Morgan fingerprint density at radius 2 is 2.10 bits per heavy atom. The number of ether oxygens (including phenoxy) is 2. The van der Waals surface area contributed by atoms with Crippen molar-refractivity contribution in [3.63, 3.8) is 0 Å². The van der Waals surface area contributed by atoms with Crippen LogP contribution in [0, 0.1) is 16.7 Å². The molecule has 1 aromatic carbocycles. The Bertz CT molecular complexity index is 780. The van der Waals surface area contributed by atoms with E-state index in [0.717, 1.165) is 6.26 Å². The smallest absolute Gasteiger partial charge is 0.326 e. The Labute approximate surface area is 120 Å². The molecular formula is C13H11NO6S. The summed E-state index contributed by atoms with van der Waals surface area (Å²) < 4.78 is 34.0. The van der Waals surface area contributed by atoms with Gasteiger partial charge in [-0.05, 0) is 17.7 Å². The largest absolute Gasteiger partial charge is 0.480 e. The molecule has 1 aliphatic heterocycles. The van der Waals surface area contributed by atoms with Crippen LogP contribution in [0.4, 0.5) is 0 Å². The molecule has 0 amide bonds. The summed E-state index contributed by atoms with van der Waals surface area (Å²) >= 11 is 0. The molecule has 1 aromatic rings. The molecule has 1 aliphatic carbocycles. The third-order valence-electron chi connectivity index (χ3n) is 3.89. The molecule has 0 saturated heterocycles. The molecule has 0 aromatic heterocycles. The maximum atomic E-state index is 11.8. The normalized spacial score (nSPS) is 29.7. The molecular weight excluding hydrogens is 298 g/mol. The fourth-order valence-corrected chi connectivity index (χ4v) is 4.68. The van der Waals surface area contributed by atoms with Crippen LogP contribution < -0.4 is 9.47 Å². The first-order chi connectivity index (χ1) is 9.82. The van der Waals surface area contributed by atoms with Crippen molar-refractivity contribution in [3.05, 3.63) is 23.8 Å². The molecule has 1 fully saturated rings.